The highest BCUT2D eigenvalue weighted by molar-refractivity contribution is 5.81. The molecule has 4 nitrogen and oxygen atoms in total. The van der Waals surface area contributed by atoms with Crippen molar-refractivity contribution in [3.05, 3.63) is 0 Å². The molecular formula is C13H21NO3. The number of carbonyl (C=O) groups excluding carboxylic acids is 1. The first-order chi connectivity index (χ1) is 8.11. The second kappa shape index (κ2) is 5.07. The summed E-state index contributed by atoms with van der Waals surface area (Å²) in [4.78, 5) is 25.0. The number of hydrogen-bond acceptors (Lipinski definition) is 2. The minimum absolute atomic E-state index is 0.0465. The van der Waals surface area contributed by atoms with Crippen LogP contribution in [0.25, 0.3) is 0 Å². The van der Waals surface area contributed by atoms with Gasteiger partial charge in [0.2, 0.25) is 5.91 Å². The lowest BCUT2D eigenvalue weighted by molar-refractivity contribution is -0.141. The molecule has 2 fully saturated rings. The molecule has 0 spiro atoms. The Balaban J connectivity index is 1.87. The maximum atomic E-state index is 12.2. The van der Waals surface area contributed by atoms with Gasteiger partial charge in [0.25, 0.3) is 0 Å². The Kier molecular flexibility index (Phi) is 3.69. The molecule has 2 aliphatic carbocycles. The number of carboxylic acid groups (broad SMARTS) is 1. The van der Waals surface area contributed by atoms with Gasteiger partial charge in [-0.25, -0.2) is 0 Å². The third-order valence-corrected chi connectivity index (χ3v) is 4.00. The predicted molar refractivity (Wildman–Crippen MR) is 63.4 cm³/mol. The third-order valence-electron chi connectivity index (χ3n) is 4.00. The van der Waals surface area contributed by atoms with Gasteiger partial charge in [-0.15, -0.1) is 0 Å². The highest BCUT2D eigenvalue weighted by Gasteiger charge is 2.36. The molecule has 0 bridgehead atoms. The van der Waals surface area contributed by atoms with Crippen LogP contribution < -0.4 is 0 Å². The topological polar surface area (TPSA) is 57.6 Å². The third kappa shape index (κ3) is 2.99. The Morgan fingerprint density at radius 2 is 1.82 bits per heavy atom. The smallest absolute Gasteiger partial charge is 0.306 e. The zero-order chi connectivity index (χ0) is 12.4. The number of nitrogens with zero attached hydrogens (tertiary/aromatic N) is 1. The summed E-state index contributed by atoms with van der Waals surface area (Å²) in [5, 5.41) is 8.94. The van der Waals surface area contributed by atoms with Gasteiger partial charge in [-0.2, -0.15) is 0 Å². The standard InChI is InChI=1S/C13H21NO3/c1-2-14(8-9-3-4-9)12(15)10-5-6-11(7-10)13(16)17/h9-11H,2-8H2,1H3,(H,16,17). The van der Waals surface area contributed by atoms with Crippen LogP contribution in [0.15, 0.2) is 0 Å². The molecule has 0 aromatic rings. The fourth-order valence-electron chi connectivity index (χ4n) is 2.68. The van der Waals surface area contributed by atoms with Gasteiger partial charge in [0.15, 0.2) is 0 Å². The van der Waals surface area contributed by atoms with Crippen LogP contribution in [0.4, 0.5) is 0 Å². The van der Waals surface area contributed by atoms with Gasteiger partial charge in [-0.1, -0.05) is 0 Å². The number of carbonyl (C=O) groups is 2. The highest BCUT2D eigenvalue weighted by Crippen LogP contribution is 2.34. The first kappa shape index (κ1) is 12.4. The van der Waals surface area contributed by atoms with Crippen LogP contribution >= 0.6 is 0 Å². The van der Waals surface area contributed by atoms with E-state index < -0.39 is 5.97 Å². The molecule has 17 heavy (non-hydrogen) atoms. The van der Waals surface area contributed by atoms with Crippen LogP contribution in [-0.2, 0) is 9.59 Å². The number of carboxylic acids is 1. The molecule has 0 aliphatic heterocycles. The van der Waals surface area contributed by atoms with Gasteiger partial charge < -0.3 is 10.0 Å². The van der Waals surface area contributed by atoms with Crippen molar-refractivity contribution in [1.82, 2.24) is 4.90 Å². The molecule has 0 aromatic heterocycles. The molecule has 1 amide bonds. The zero-order valence-corrected chi connectivity index (χ0v) is 10.4. The molecule has 2 rings (SSSR count). The van der Waals surface area contributed by atoms with Crippen molar-refractivity contribution in [2.75, 3.05) is 13.1 Å². The van der Waals surface area contributed by atoms with E-state index in [0.717, 1.165) is 19.5 Å². The molecule has 0 heterocycles. The van der Waals surface area contributed by atoms with Gasteiger partial charge in [-0.05, 0) is 44.9 Å². The summed E-state index contributed by atoms with van der Waals surface area (Å²) in [6.07, 6.45) is 4.43. The van der Waals surface area contributed by atoms with Crippen LogP contribution in [0.3, 0.4) is 0 Å². The van der Waals surface area contributed by atoms with E-state index in [0.29, 0.717) is 18.8 Å². The van der Waals surface area contributed by atoms with E-state index in [1.807, 2.05) is 11.8 Å². The SMILES string of the molecule is CCN(CC1CC1)C(=O)C1CCC(C(=O)O)C1. The molecule has 2 unspecified atom stereocenters. The van der Waals surface area contributed by atoms with Crippen molar-refractivity contribution in [1.29, 1.82) is 0 Å². The average molecular weight is 239 g/mol. The largest absolute Gasteiger partial charge is 0.481 e. The van der Waals surface area contributed by atoms with Gasteiger partial charge in [0.1, 0.15) is 0 Å². The zero-order valence-electron chi connectivity index (χ0n) is 10.4. The second-order valence-corrected chi connectivity index (χ2v) is 5.37. The van der Waals surface area contributed by atoms with Crippen molar-refractivity contribution in [2.45, 2.75) is 39.0 Å². The lowest BCUT2D eigenvalue weighted by atomic mass is 10.0. The monoisotopic (exact) mass is 239 g/mol. The van der Waals surface area contributed by atoms with Gasteiger partial charge >= 0.3 is 5.97 Å². The number of aliphatic carboxylic acids is 1. The average Bonchev–Trinajstić information content (AvgIpc) is 2.97. The molecule has 0 aromatic carbocycles. The summed E-state index contributed by atoms with van der Waals surface area (Å²) < 4.78 is 0. The molecule has 4 heteroatoms. The van der Waals surface area contributed by atoms with Crippen molar-refractivity contribution >= 4 is 11.9 Å². The summed E-state index contributed by atoms with van der Waals surface area (Å²) in [5.74, 6) is -0.206. The van der Waals surface area contributed by atoms with Crippen LogP contribution in [0.2, 0.25) is 0 Å². The van der Waals surface area contributed by atoms with Crippen LogP contribution in [0.1, 0.15) is 39.0 Å². The van der Waals surface area contributed by atoms with Crippen molar-refractivity contribution in [2.24, 2.45) is 17.8 Å². The molecule has 2 atom stereocenters. The maximum absolute atomic E-state index is 12.2. The fourth-order valence-corrected chi connectivity index (χ4v) is 2.68. The van der Waals surface area contributed by atoms with Crippen LogP contribution in [0.5, 0.6) is 0 Å². The molecule has 1 N–H and O–H groups in total. The molecular weight excluding hydrogens is 218 g/mol. The van der Waals surface area contributed by atoms with E-state index in [1.54, 1.807) is 0 Å². The minimum Gasteiger partial charge on any atom is -0.481 e. The van der Waals surface area contributed by atoms with E-state index in [4.69, 9.17) is 5.11 Å². The predicted octanol–water partition coefficient (Wildman–Crippen LogP) is 1.75. The van der Waals surface area contributed by atoms with Crippen molar-refractivity contribution < 1.29 is 14.7 Å². The molecule has 0 saturated heterocycles. The Morgan fingerprint density at radius 3 is 2.29 bits per heavy atom. The first-order valence-electron chi connectivity index (χ1n) is 6.63. The molecule has 96 valence electrons. The first-order valence-corrected chi connectivity index (χ1v) is 6.63. The van der Waals surface area contributed by atoms with Gasteiger partial charge in [0.05, 0.1) is 5.92 Å². The highest BCUT2D eigenvalue weighted by atomic mass is 16.4. The van der Waals surface area contributed by atoms with Crippen LogP contribution in [0, 0.1) is 17.8 Å². The number of hydrogen-bond donors (Lipinski definition) is 1. The van der Waals surface area contributed by atoms with Crippen LogP contribution in [-0.4, -0.2) is 35.0 Å². The quantitative estimate of drug-likeness (QED) is 0.795. The Labute approximate surface area is 102 Å². The molecule has 2 aliphatic rings. The van der Waals surface area contributed by atoms with E-state index >= 15 is 0 Å². The fraction of sp³-hybridized carbons (Fsp3) is 0.846. The van der Waals surface area contributed by atoms with E-state index in [2.05, 4.69) is 0 Å². The van der Waals surface area contributed by atoms with E-state index in [1.165, 1.54) is 12.8 Å². The number of rotatable bonds is 5. The van der Waals surface area contributed by atoms with Gasteiger partial charge in [-0.3, -0.25) is 9.59 Å². The van der Waals surface area contributed by atoms with E-state index in [9.17, 15) is 9.59 Å². The lowest BCUT2D eigenvalue weighted by Crippen LogP contribution is -2.36. The normalized spacial score (nSPS) is 28.1. The molecule has 0 radical (unpaired) electrons. The summed E-state index contributed by atoms with van der Waals surface area (Å²) in [5.41, 5.74) is 0. The number of amides is 1. The minimum atomic E-state index is -0.745. The van der Waals surface area contributed by atoms with Gasteiger partial charge in [0, 0.05) is 19.0 Å². The molecule has 2 saturated carbocycles. The summed E-state index contributed by atoms with van der Waals surface area (Å²) in [6.45, 7) is 3.64. The Morgan fingerprint density at radius 1 is 1.18 bits per heavy atom. The van der Waals surface area contributed by atoms with Crippen molar-refractivity contribution in [3.63, 3.8) is 0 Å². The maximum Gasteiger partial charge on any atom is 0.306 e. The van der Waals surface area contributed by atoms with E-state index in [-0.39, 0.29) is 17.7 Å². The Bertz CT molecular complexity index is 312. The second-order valence-electron chi connectivity index (χ2n) is 5.37. The summed E-state index contributed by atoms with van der Waals surface area (Å²) >= 11 is 0. The summed E-state index contributed by atoms with van der Waals surface area (Å²) in [7, 11) is 0. The Hall–Kier alpha value is -1.06. The van der Waals surface area contributed by atoms with Crippen molar-refractivity contribution in [3.8, 4) is 0 Å². The lowest BCUT2D eigenvalue weighted by Gasteiger charge is -2.24. The summed E-state index contributed by atoms with van der Waals surface area (Å²) in [6, 6.07) is 0.